The molecule has 0 N–H and O–H groups in total. The second kappa shape index (κ2) is 7.14. The second-order valence-electron chi connectivity index (χ2n) is 3.13. The van der Waals surface area contributed by atoms with Crippen LogP contribution < -0.4 is 0 Å². The van der Waals surface area contributed by atoms with E-state index < -0.39 is 0 Å². The molecule has 0 aromatic rings. The predicted molar refractivity (Wildman–Crippen MR) is 59.7 cm³/mol. The van der Waals surface area contributed by atoms with Crippen molar-refractivity contribution >= 4 is 13.6 Å². The molecule has 0 spiro atoms. The highest BCUT2D eigenvalue weighted by Gasteiger charge is 2.05. The highest BCUT2D eigenvalue weighted by Crippen LogP contribution is 2.09. The fraction of sp³-hybridized carbons (Fsp3) is 0.700. The van der Waals surface area contributed by atoms with Crippen molar-refractivity contribution in [2.75, 3.05) is 7.05 Å². The number of rotatable bonds is 5. The van der Waals surface area contributed by atoms with E-state index in [9.17, 15) is 0 Å². The fourth-order valence-corrected chi connectivity index (χ4v) is 1.21. The van der Waals surface area contributed by atoms with Gasteiger partial charge in [-0.15, -0.1) is 5.98 Å². The molecule has 0 bridgehead atoms. The second-order valence-corrected chi connectivity index (χ2v) is 3.13. The first-order chi connectivity index (χ1) is 5.76. The van der Waals surface area contributed by atoms with Crippen LogP contribution in [0.25, 0.3) is 0 Å². The van der Waals surface area contributed by atoms with Crippen LogP contribution in [0.1, 0.15) is 33.1 Å². The highest BCUT2D eigenvalue weighted by atomic mass is 14.7. The molecular weight excluding hydrogens is 145 g/mol. The van der Waals surface area contributed by atoms with Gasteiger partial charge in [0, 0.05) is 12.8 Å². The van der Waals surface area contributed by atoms with Gasteiger partial charge in [0.25, 0.3) is 0 Å². The quantitative estimate of drug-likeness (QED) is 0.436. The van der Waals surface area contributed by atoms with Crippen molar-refractivity contribution in [3.63, 3.8) is 0 Å². The molecule has 0 aliphatic carbocycles. The van der Waals surface area contributed by atoms with Gasteiger partial charge in [0.1, 0.15) is 7.85 Å². The normalized spacial score (nSPS) is 15.4. The van der Waals surface area contributed by atoms with E-state index in [1.807, 2.05) is 7.05 Å². The number of hydrogen-bond donors (Lipinski definition) is 0. The van der Waals surface area contributed by atoms with Crippen LogP contribution in [0.4, 0.5) is 0 Å². The zero-order chi connectivity index (χ0) is 9.40. The first-order valence-corrected chi connectivity index (χ1v) is 4.82. The maximum absolute atomic E-state index is 4.31. The summed E-state index contributed by atoms with van der Waals surface area (Å²) in [6.07, 6.45) is 5.65. The molecule has 0 fully saturated rings. The molecule has 0 saturated carbocycles. The first kappa shape index (κ1) is 11.5. The van der Waals surface area contributed by atoms with Crippen LogP contribution in [0, 0.1) is 5.92 Å². The summed E-state index contributed by atoms with van der Waals surface area (Å²) in [5.74, 6) is 2.75. The summed E-state index contributed by atoms with van der Waals surface area (Å²) in [4.78, 5) is 4.31. The van der Waals surface area contributed by atoms with Gasteiger partial charge in [0.05, 0.1) is 0 Å². The van der Waals surface area contributed by atoms with Crippen LogP contribution in [0.3, 0.4) is 0 Å². The molecule has 0 aromatic carbocycles. The summed E-state index contributed by atoms with van der Waals surface area (Å²) < 4.78 is 0. The summed E-state index contributed by atoms with van der Waals surface area (Å²) in [5, 5.41) is 0. The first-order valence-electron chi connectivity index (χ1n) is 4.82. The van der Waals surface area contributed by atoms with E-state index >= 15 is 0 Å². The van der Waals surface area contributed by atoms with Gasteiger partial charge in [-0.1, -0.05) is 19.9 Å². The van der Waals surface area contributed by atoms with Gasteiger partial charge in [-0.3, -0.25) is 4.99 Å². The van der Waals surface area contributed by atoms with Crippen molar-refractivity contribution in [3.8, 4) is 0 Å². The van der Waals surface area contributed by atoms with Crippen molar-refractivity contribution < 1.29 is 0 Å². The number of allylic oxidation sites excluding steroid dienone is 1. The molecule has 1 atom stereocenters. The number of nitrogens with zero attached hydrogens (tertiary/aromatic N) is 1. The lowest BCUT2D eigenvalue weighted by molar-refractivity contribution is 0.718. The minimum absolute atomic E-state index is 0.653. The van der Waals surface area contributed by atoms with E-state index in [-0.39, 0.29) is 0 Å². The summed E-state index contributed by atoms with van der Waals surface area (Å²) in [7, 11) is 3.96. The smallest absolute Gasteiger partial charge is 0.129 e. The van der Waals surface area contributed by atoms with Gasteiger partial charge in [-0.2, -0.15) is 0 Å². The Balaban J connectivity index is 3.84. The van der Waals surface area contributed by atoms with Crippen LogP contribution in [0.5, 0.6) is 0 Å². The van der Waals surface area contributed by atoms with Crippen LogP contribution in [0.15, 0.2) is 17.0 Å². The van der Waals surface area contributed by atoms with Crippen molar-refractivity contribution in [2.24, 2.45) is 10.9 Å². The molecule has 1 nitrogen and oxygen atoms in total. The van der Waals surface area contributed by atoms with E-state index in [0.717, 1.165) is 12.8 Å². The molecule has 68 valence electrons. The molecule has 0 saturated heterocycles. The molecule has 0 radical (unpaired) electrons. The third kappa shape index (κ3) is 4.37. The fourth-order valence-electron chi connectivity index (χ4n) is 1.21. The lowest BCUT2D eigenvalue weighted by atomic mass is 9.98. The Morgan fingerprint density at radius 1 is 1.58 bits per heavy atom. The molecule has 0 rings (SSSR count). The Morgan fingerprint density at radius 2 is 2.25 bits per heavy atom. The molecular formula is C10H20BN. The van der Waals surface area contributed by atoms with Crippen LogP contribution >= 0.6 is 0 Å². The Hall–Kier alpha value is -0.525. The minimum atomic E-state index is 0.653. The molecule has 1 unspecified atom stereocenters. The Bertz CT molecular complexity index is 161. The largest absolute Gasteiger partial charge is 0.297 e. The Labute approximate surface area is 77.4 Å². The zero-order valence-corrected chi connectivity index (χ0v) is 8.80. The Kier molecular flexibility index (Phi) is 6.83. The molecule has 2 heteroatoms. The van der Waals surface area contributed by atoms with E-state index in [4.69, 9.17) is 0 Å². The minimum Gasteiger partial charge on any atom is -0.297 e. The molecule has 0 amide bonds. The van der Waals surface area contributed by atoms with E-state index in [1.54, 1.807) is 0 Å². The van der Waals surface area contributed by atoms with Gasteiger partial charge < -0.3 is 0 Å². The lowest BCUT2D eigenvalue weighted by Crippen LogP contribution is -2.09. The molecule has 0 aliphatic rings. The average Bonchev–Trinajstić information content (AvgIpc) is 2.11. The van der Waals surface area contributed by atoms with Gasteiger partial charge >= 0.3 is 0 Å². The maximum Gasteiger partial charge on any atom is 0.129 e. The predicted octanol–water partition coefficient (Wildman–Crippen LogP) is 2.03. The Morgan fingerprint density at radius 3 is 2.67 bits per heavy atom. The van der Waals surface area contributed by atoms with Crippen molar-refractivity contribution in [2.45, 2.75) is 33.1 Å². The van der Waals surface area contributed by atoms with E-state index in [2.05, 4.69) is 38.7 Å². The SMILES string of the molecule is B/C=C/CC/C(=N\C)C(C)CC. The van der Waals surface area contributed by atoms with Gasteiger partial charge in [-0.25, -0.2) is 0 Å². The molecule has 0 heterocycles. The van der Waals surface area contributed by atoms with Crippen LogP contribution in [0.2, 0.25) is 0 Å². The maximum atomic E-state index is 4.31. The standard InChI is InChI=1S/C10H20BN/c1-4-9(2)10(12-3)7-5-6-8-11/h6,8-9H,4-5,7,11H2,1-3H3/b8-6+,12-10+. The van der Waals surface area contributed by atoms with Gasteiger partial charge in [-0.05, 0) is 25.2 Å². The van der Waals surface area contributed by atoms with E-state index in [0.29, 0.717) is 5.92 Å². The summed E-state index contributed by atoms with van der Waals surface area (Å²) in [6.45, 7) is 4.46. The molecule has 12 heavy (non-hydrogen) atoms. The van der Waals surface area contributed by atoms with Crippen molar-refractivity contribution in [1.82, 2.24) is 0 Å². The third-order valence-corrected chi connectivity index (χ3v) is 2.27. The van der Waals surface area contributed by atoms with Gasteiger partial charge in [0.2, 0.25) is 0 Å². The topological polar surface area (TPSA) is 12.4 Å². The van der Waals surface area contributed by atoms with E-state index in [1.165, 1.54) is 12.1 Å². The zero-order valence-electron chi connectivity index (χ0n) is 8.80. The molecule has 0 aromatic heterocycles. The summed E-state index contributed by atoms with van der Waals surface area (Å²) in [6, 6.07) is 0. The number of aliphatic imine (C=N–C) groups is 1. The third-order valence-electron chi connectivity index (χ3n) is 2.27. The van der Waals surface area contributed by atoms with Crippen molar-refractivity contribution in [1.29, 1.82) is 0 Å². The lowest BCUT2D eigenvalue weighted by Gasteiger charge is -2.10. The molecule has 0 aliphatic heterocycles. The highest BCUT2D eigenvalue weighted by molar-refractivity contribution is 6.16. The van der Waals surface area contributed by atoms with Crippen LogP contribution in [-0.4, -0.2) is 20.6 Å². The van der Waals surface area contributed by atoms with Crippen LogP contribution in [-0.2, 0) is 0 Å². The van der Waals surface area contributed by atoms with Gasteiger partial charge in [0.15, 0.2) is 0 Å². The summed E-state index contributed by atoms with van der Waals surface area (Å²) >= 11 is 0. The summed E-state index contributed by atoms with van der Waals surface area (Å²) in [5.41, 5.74) is 1.36. The van der Waals surface area contributed by atoms with Crippen molar-refractivity contribution in [3.05, 3.63) is 12.1 Å². The average molecular weight is 165 g/mol. The monoisotopic (exact) mass is 165 g/mol. The number of hydrogen-bond acceptors (Lipinski definition) is 1.